The maximum atomic E-state index is 12.4. The Kier molecular flexibility index (Phi) is 6.70. The summed E-state index contributed by atoms with van der Waals surface area (Å²) in [6, 6.07) is 16.3. The van der Waals surface area contributed by atoms with Gasteiger partial charge in [-0.25, -0.2) is 13.4 Å². The zero-order valence-electron chi connectivity index (χ0n) is 19.5. The number of hydrogen-bond donors (Lipinski definition) is 0. The van der Waals surface area contributed by atoms with Gasteiger partial charge in [0.1, 0.15) is 0 Å². The molecule has 4 aromatic rings. The standard InChI is InChI=1S/C26H26N2O5S/c1-5-13-34(29,30)19-11-9-17(10-12-19)20-7-6-8-21-25(20)28-22(16-27-21)18-14-23(31-2)26(33-4)24(15-18)32-3/h6-12,14-16H,5,13H2,1-4H3. The molecule has 176 valence electrons. The Balaban J connectivity index is 1.82. The van der Waals surface area contributed by atoms with Gasteiger partial charge in [-0.05, 0) is 42.3 Å². The Morgan fingerprint density at radius 3 is 2.12 bits per heavy atom. The molecule has 0 spiro atoms. The number of rotatable bonds is 8. The van der Waals surface area contributed by atoms with Crippen molar-refractivity contribution in [3.05, 3.63) is 60.8 Å². The second-order valence-electron chi connectivity index (χ2n) is 7.69. The first-order chi connectivity index (χ1) is 16.4. The Labute approximate surface area is 199 Å². The van der Waals surface area contributed by atoms with Gasteiger partial charge in [-0.1, -0.05) is 31.2 Å². The van der Waals surface area contributed by atoms with E-state index in [1.807, 2.05) is 49.4 Å². The number of benzene rings is 3. The fourth-order valence-corrected chi connectivity index (χ4v) is 5.19. The van der Waals surface area contributed by atoms with Crippen molar-refractivity contribution in [2.24, 2.45) is 0 Å². The van der Waals surface area contributed by atoms with Gasteiger partial charge >= 0.3 is 0 Å². The van der Waals surface area contributed by atoms with Crippen LogP contribution in [0.2, 0.25) is 0 Å². The lowest BCUT2D eigenvalue weighted by atomic mass is 10.0. The highest BCUT2D eigenvalue weighted by Gasteiger charge is 2.17. The second kappa shape index (κ2) is 9.69. The molecule has 0 N–H and O–H groups in total. The number of fused-ring (bicyclic) bond motifs is 1. The van der Waals surface area contributed by atoms with E-state index in [0.717, 1.165) is 22.2 Å². The van der Waals surface area contributed by atoms with Gasteiger partial charge in [-0.15, -0.1) is 0 Å². The van der Waals surface area contributed by atoms with Crippen molar-refractivity contribution in [3.8, 4) is 39.6 Å². The van der Waals surface area contributed by atoms with Crippen molar-refractivity contribution < 1.29 is 22.6 Å². The van der Waals surface area contributed by atoms with Crippen LogP contribution in [-0.2, 0) is 9.84 Å². The fourth-order valence-electron chi connectivity index (χ4n) is 3.86. The summed E-state index contributed by atoms with van der Waals surface area (Å²) in [6.45, 7) is 1.85. The Bertz CT molecular complexity index is 1410. The van der Waals surface area contributed by atoms with E-state index in [4.69, 9.17) is 19.2 Å². The van der Waals surface area contributed by atoms with Crippen LogP contribution in [0, 0.1) is 0 Å². The molecule has 0 radical (unpaired) electrons. The van der Waals surface area contributed by atoms with Crippen LogP contribution in [0.1, 0.15) is 13.3 Å². The first-order valence-electron chi connectivity index (χ1n) is 10.8. The normalized spacial score (nSPS) is 11.4. The summed E-state index contributed by atoms with van der Waals surface area (Å²) in [6.07, 6.45) is 2.28. The van der Waals surface area contributed by atoms with Crippen LogP contribution >= 0.6 is 0 Å². The number of ether oxygens (including phenoxy) is 3. The zero-order valence-corrected chi connectivity index (χ0v) is 20.3. The minimum absolute atomic E-state index is 0.129. The lowest BCUT2D eigenvalue weighted by molar-refractivity contribution is 0.324. The third kappa shape index (κ3) is 4.41. The highest BCUT2D eigenvalue weighted by molar-refractivity contribution is 7.91. The molecule has 34 heavy (non-hydrogen) atoms. The van der Waals surface area contributed by atoms with E-state index >= 15 is 0 Å². The SMILES string of the molecule is CCCS(=O)(=O)c1ccc(-c2cccc3ncc(-c4cc(OC)c(OC)c(OC)c4)nc23)cc1. The minimum Gasteiger partial charge on any atom is -0.493 e. The summed E-state index contributed by atoms with van der Waals surface area (Å²) in [4.78, 5) is 9.83. The fraction of sp³-hybridized carbons (Fsp3) is 0.231. The summed E-state index contributed by atoms with van der Waals surface area (Å²) >= 11 is 0. The number of hydrogen-bond acceptors (Lipinski definition) is 7. The van der Waals surface area contributed by atoms with Crippen molar-refractivity contribution in [2.45, 2.75) is 18.2 Å². The van der Waals surface area contributed by atoms with Crippen molar-refractivity contribution in [2.75, 3.05) is 27.1 Å². The van der Waals surface area contributed by atoms with Crippen molar-refractivity contribution in [3.63, 3.8) is 0 Å². The van der Waals surface area contributed by atoms with E-state index in [2.05, 4.69) is 4.98 Å². The molecule has 1 heterocycles. The van der Waals surface area contributed by atoms with Gasteiger partial charge in [0.2, 0.25) is 5.75 Å². The van der Waals surface area contributed by atoms with Gasteiger partial charge < -0.3 is 14.2 Å². The largest absolute Gasteiger partial charge is 0.493 e. The maximum Gasteiger partial charge on any atom is 0.203 e. The molecule has 0 atom stereocenters. The summed E-state index contributed by atoms with van der Waals surface area (Å²) in [5.41, 5.74) is 4.56. The first-order valence-corrected chi connectivity index (χ1v) is 12.5. The number of methoxy groups -OCH3 is 3. The molecular weight excluding hydrogens is 452 g/mol. The number of nitrogens with zero attached hydrogens (tertiary/aromatic N) is 2. The molecule has 0 aliphatic carbocycles. The van der Waals surface area contributed by atoms with Gasteiger partial charge in [0.25, 0.3) is 0 Å². The maximum absolute atomic E-state index is 12.4. The van der Waals surface area contributed by atoms with Crippen molar-refractivity contribution >= 4 is 20.9 Å². The van der Waals surface area contributed by atoms with E-state index in [1.165, 1.54) is 0 Å². The van der Waals surface area contributed by atoms with Gasteiger partial charge in [-0.3, -0.25) is 4.98 Å². The van der Waals surface area contributed by atoms with E-state index in [-0.39, 0.29) is 5.75 Å². The van der Waals surface area contributed by atoms with Gasteiger partial charge in [0.05, 0.1) is 54.9 Å². The molecule has 0 saturated heterocycles. The average molecular weight is 479 g/mol. The highest BCUT2D eigenvalue weighted by Crippen LogP contribution is 2.41. The van der Waals surface area contributed by atoms with Crippen molar-refractivity contribution in [1.82, 2.24) is 9.97 Å². The second-order valence-corrected chi connectivity index (χ2v) is 9.79. The van der Waals surface area contributed by atoms with Crippen LogP contribution < -0.4 is 14.2 Å². The van der Waals surface area contributed by atoms with Crippen LogP contribution in [-0.4, -0.2) is 45.5 Å². The smallest absolute Gasteiger partial charge is 0.203 e. The minimum atomic E-state index is -3.28. The topological polar surface area (TPSA) is 87.6 Å². The Hall–Kier alpha value is -3.65. The summed E-state index contributed by atoms with van der Waals surface area (Å²) in [7, 11) is 1.41. The molecule has 4 rings (SSSR count). The predicted octanol–water partition coefficient (Wildman–Crippen LogP) is 5.17. The number of aromatic nitrogens is 2. The van der Waals surface area contributed by atoms with Gasteiger partial charge in [0, 0.05) is 11.1 Å². The summed E-state index contributed by atoms with van der Waals surface area (Å²) < 4.78 is 41.2. The lowest BCUT2D eigenvalue weighted by Gasteiger charge is -2.14. The number of sulfone groups is 1. The molecule has 0 unspecified atom stereocenters. The van der Waals surface area contributed by atoms with E-state index in [9.17, 15) is 8.42 Å². The average Bonchev–Trinajstić information content (AvgIpc) is 2.87. The molecule has 7 nitrogen and oxygen atoms in total. The third-order valence-electron chi connectivity index (χ3n) is 5.53. The molecule has 0 bridgehead atoms. The third-order valence-corrected chi connectivity index (χ3v) is 7.47. The van der Waals surface area contributed by atoms with Crippen LogP contribution in [0.3, 0.4) is 0 Å². The Morgan fingerprint density at radius 2 is 1.53 bits per heavy atom. The van der Waals surface area contributed by atoms with Gasteiger partial charge in [-0.2, -0.15) is 0 Å². The monoisotopic (exact) mass is 478 g/mol. The Morgan fingerprint density at radius 1 is 0.853 bits per heavy atom. The number of para-hydroxylation sites is 1. The summed E-state index contributed by atoms with van der Waals surface area (Å²) in [5.74, 6) is 1.68. The summed E-state index contributed by atoms with van der Waals surface area (Å²) in [5, 5.41) is 0. The van der Waals surface area contributed by atoms with E-state index < -0.39 is 9.84 Å². The van der Waals surface area contributed by atoms with Crippen LogP contribution in [0.4, 0.5) is 0 Å². The van der Waals surface area contributed by atoms with Crippen LogP contribution in [0.5, 0.6) is 17.2 Å². The van der Waals surface area contributed by atoms with Crippen molar-refractivity contribution in [1.29, 1.82) is 0 Å². The first kappa shape index (κ1) is 23.5. The van der Waals surface area contributed by atoms with E-state index in [1.54, 1.807) is 39.7 Å². The molecular formula is C26H26N2O5S. The van der Waals surface area contributed by atoms with Crippen LogP contribution in [0.25, 0.3) is 33.4 Å². The predicted molar refractivity (Wildman–Crippen MR) is 132 cm³/mol. The zero-order chi connectivity index (χ0) is 24.3. The molecule has 0 aliphatic rings. The molecule has 0 amide bonds. The van der Waals surface area contributed by atoms with Gasteiger partial charge in [0.15, 0.2) is 21.3 Å². The van der Waals surface area contributed by atoms with E-state index in [0.29, 0.717) is 39.8 Å². The molecule has 1 aromatic heterocycles. The molecule has 8 heteroatoms. The lowest BCUT2D eigenvalue weighted by Crippen LogP contribution is -2.05. The quantitative estimate of drug-likeness (QED) is 0.345. The van der Waals surface area contributed by atoms with Crippen LogP contribution in [0.15, 0.2) is 65.7 Å². The molecule has 0 fully saturated rings. The highest BCUT2D eigenvalue weighted by atomic mass is 32.2. The molecule has 0 aliphatic heterocycles. The molecule has 3 aromatic carbocycles. The molecule has 0 saturated carbocycles.